The minimum absolute atomic E-state index is 0.0247. The van der Waals surface area contributed by atoms with Gasteiger partial charge in [0.2, 0.25) is 0 Å². The Bertz CT molecular complexity index is 1180. The number of rotatable bonds is 14. The number of carbonyl (C=O) groups is 4. The summed E-state index contributed by atoms with van der Waals surface area (Å²) in [5.41, 5.74) is 6.29. The molecule has 2 unspecified atom stereocenters. The van der Waals surface area contributed by atoms with E-state index < -0.39 is 35.8 Å². The first-order valence-electron chi connectivity index (χ1n) is 11.7. The number of aromatic hydroxyl groups is 2. The zero-order valence-electron chi connectivity index (χ0n) is 20.7. The lowest BCUT2D eigenvalue weighted by molar-refractivity contribution is -0.141. The van der Waals surface area contributed by atoms with Crippen LogP contribution in [-0.2, 0) is 25.5 Å². The highest BCUT2D eigenvalue weighted by Gasteiger charge is 2.23. The van der Waals surface area contributed by atoms with Crippen molar-refractivity contribution in [2.75, 3.05) is 13.7 Å². The van der Waals surface area contributed by atoms with Crippen molar-refractivity contribution in [3.63, 3.8) is 0 Å². The second kappa shape index (κ2) is 14.2. The van der Waals surface area contributed by atoms with Crippen molar-refractivity contribution in [2.45, 2.75) is 37.8 Å². The van der Waals surface area contributed by atoms with E-state index in [1.807, 2.05) is 0 Å². The van der Waals surface area contributed by atoms with Gasteiger partial charge in [0.25, 0.3) is 11.8 Å². The number of nitrogens with one attached hydrogen (secondary N) is 2. The average Bonchev–Trinajstić information content (AvgIpc) is 2.88. The van der Waals surface area contributed by atoms with Crippen LogP contribution in [0.15, 0.2) is 48.2 Å². The molecule has 0 fully saturated rings. The molecule has 0 aliphatic heterocycles. The highest BCUT2D eigenvalue weighted by atomic mass is 16.5. The standard InChI is InChI=1S/C26H31N3O9/c1-38-22(24(33)29-20(26(36)37)13-15-5-8-17(30)9-6-15)14-16-7-10-21(31)18(12-16)23(32)28-11-3-2-4-19(27)25(34)35/h5-10,12,14,19-20,30-31H,2-4,11,13,27H2,1H3,(H,28,32)(H,29,33)(H,34,35)(H,36,37). The fourth-order valence-electron chi connectivity index (χ4n) is 3.40. The number of hydrogen-bond donors (Lipinski definition) is 7. The molecule has 0 heterocycles. The molecule has 0 aliphatic carbocycles. The van der Waals surface area contributed by atoms with Gasteiger partial charge in [-0.05, 0) is 60.7 Å². The van der Waals surface area contributed by atoms with Crippen molar-refractivity contribution in [3.8, 4) is 11.5 Å². The second-order valence-corrected chi connectivity index (χ2v) is 8.42. The third-order valence-electron chi connectivity index (χ3n) is 5.53. The predicted octanol–water partition coefficient (Wildman–Crippen LogP) is 1.21. The van der Waals surface area contributed by atoms with E-state index in [1.165, 1.54) is 43.5 Å². The maximum atomic E-state index is 12.7. The van der Waals surface area contributed by atoms with Crippen LogP contribution >= 0.6 is 0 Å². The summed E-state index contributed by atoms with van der Waals surface area (Å²) < 4.78 is 5.13. The van der Waals surface area contributed by atoms with Crippen molar-refractivity contribution in [2.24, 2.45) is 5.73 Å². The van der Waals surface area contributed by atoms with E-state index in [9.17, 15) is 34.5 Å². The van der Waals surface area contributed by atoms with Crippen LogP contribution in [0.1, 0.15) is 40.7 Å². The highest BCUT2D eigenvalue weighted by molar-refractivity contribution is 6.00. The van der Waals surface area contributed by atoms with E-state index in [0.29, 0.717) is 24.0 Å². The number of phenolic OH excluding ortho intramolecular Hbond substituents is 2. The number of amides is 2. The van der Waals surface area contributed by atoms with Crippen LogP contribution in [0.5, 0.6) is 11.5 Å². The first kappa shape index (κ1) is 29.6. The summed E-state index contributed by atoms with van der Waals surface area (Å²) in [7, 11) is 1.23. The molecule has 2 atom stereocenters. The van der Waals surface area contributed by atoms with Gasteiger partial charge in [-0.15, -0.1) is 0 Å². The third kappa shape index (κ3) is 9.13. The number of methoxy groups -OCH3 is 1. The minimum Gasteiger partial charge on any atom is -0.508 e. The molecule has 0 bridgehead atoms. The van der Waals surface area contributed by atoms with Crippen LogP contribution in [-0.4, -0.2) is 69.9 Å². The topological polar surface area (TPSA) is 209 Å². The Labute approximate surface area is 218 Å². The molecule has 2 rings (SSSR count). The Morgan fingerprint density at radius 1 is 1.00 bits per heavy atom. The third-order valence-corrected chi connectivity index (χ3v) is 5.53. The summed E-state index contributed by atoms with van der Waals surface area (Å²) in [4.78, 5) is 47.7. The fraction of sp³-hybridized carbons (Fsp3) is 0.308. The Balaban J connectivity index is 2.06. The van der Waals surface area contributed by atoms with Gasteiger partial charge in [0.15, 0.2) is 5.76 Å². The molecule has 0 aromatic heterocycles. The van der Waals surface area contributed by atoms with Crippen LogP contribution in [0.4, 0.5) is 0 Å². The monoisotopic (exact) mass is 529 g/mol. The van der Waals surface area contributed by atoms with Gasteiger partial charge in [-0.2, -0.15) is 0 Å². The number of carboxylic acid groups (broad SMARTS) is 2. The molecule has 8 N–H and O–H groups in total. The molecule has 12 heteroatoms. The van der Waals surface area contributed by atoms with Crippen LogP contribution in [0.3, 0.4) is 0 Å². The first-order chi connectivity index (χ1) is 18.0. The molecular formula is C26H31N3O9. The van der Waals surface area contributed by atoms with Gasteiger partial charge < -0.3 is 41.5 Å². The Morgan fingerprint density at radius 2 is 1.68 bits per heavy atom. The molecule has 2 aromatic carbocycles. The summed E-state index contributed by atoms with van der Waals surface area (Å²) in [6.45, 7) is 0.230. The second-order valence-electron chi connectivity index (χ2n) is 8.42. The van der Waals surface area contributed by atoms with Gasteiger partial charge in [0, 0.05) is 13.0 Å². The van der Waals surface area contributed by atoms with Crippen molar-refractivity contribution < 1.29 is 44.3 Å². The van der Waals surface area contributed by atoms with Gasteiger partial charge in [0.1, 0.15) is 23.6 Å². The van der Waals surface area contributed by atoms with E-state index in [-0.39, 0.29) is 42.2 Å². The number of ether oxygens (including phenoxy) is 1. The predicted molar refractivity (Wildman–Crippen MR) is 136 cm³/mol. The SMILES string of the molecule is COC(=Cc1ccc(O)c(C(=O)NCCCCC(N)C(=O)O)c1)C(=O)NC(Cc1ccc(O)cc1)C(=O)O. The van der Waals surface area contributed by atoms with E-state index in [1.54, 1.807) is 12.1 Å². The molecule has 0 saturated heterocycles. The molecule has 2 amide bonds. The zero-order chi connectivity index (χ0) is 28.2. The van der Waals surface area contributed by atoms with Crippen LogP contribution in [0.25, 0.3) is 6.08 Å². The summed E-state index contributed by atoms with van der Waals surface area (Å²) in [5.74, 6) is -4.25. The van der Waals surface area contributed by atoms with E-state index >= 15 is 0 Å². The largest absolute Gasteiger partial charge is 0.508 e. The van der Waals surface area contributed by atoms with E-state index in [4.69, 9.17) is 15.6 Å². The van der Waals surface area contributed by atoms with Gasteiger partial charge in [-0.1, -0.05) is 18.2 Å². The van der Waals surface area contributed by atoms with Crippen LogP contribution in [0, 0.1) is 0 Å². The normalized spacial score (nSPS) is 12.7. The number of carboxylic acids is 2. The van der Waals surface area contributed by atoms with Gasteiger partial charge >= 0.3 is 11.9 Å². The minimum atomic E-state index is -1.28. The highest BCUT2D eigenvalue weighted by Crippen LogP contribution is 2.21. The van der Waals surface area contributed by atoms with E-state index in [0.717, 1.165) is 0 Å². The van der Waals surface area contributed by atoms with Crippen molar-refractivity contribution in [3.05, 3.63) is 64.9 Å². The maximum absolute atomic E-state index is 12.7. The molecule has 0 aliphatic rings. The Morgan fingerprint density at radius 3 is 2.29 bits per heavy atom. The van der Waals surface area contributed by atoms with Crippen molar-refractivity contribution >= 4 is 29.8 Å². The Hall–Kier alpha value is -4.58. The number of aliphatic carboxylic acids is 2. The zero-order valence-corrected chi connectivity index (χ0v) is 20.7. The lowest BCUT2D eigenvalue weighted by atomic mass is 10.1. The number of hydrogen-bond acceptors (Lipinski definition) is 8. The number of phenols is 2. The quantitative estimate of drug-likeness (QED) is 0.106. The first-order valence-corrected chi connectivity index (χ1v) is 11.7. The molecule has 0 radical (unpaired) electrons. The van der Waals surface area contributed by atoms with Gasteiger partial charge in [0.05, 0.1) is 12.7 Å². The van der Waals surface area contributed by atoms with Crippen molar-refractivity contribution in [1.82, 2.24) is 10.6 Å². The van der Waals surface area contributed by atoms with E-state index in [2.05, 4.69) is 10.6 Å². The molecule has 12 nitrogen and oxygen atoms in total. The molecular weight excluding hydrogens is 498 g/mol. The lowest BCUT2D eigenvalue weighted by Gasteiger charge is -2.16. The van der Waals surface area contributed by atoms with Crippen molar-refractivity contribution in [1.29, 1.82) is 0 Å². The van der Waals surface area contributed by atoms with Gasteiger partial charge in [-0.3, -0.25) is 14.4 Å². The lowest BCUT2D eigenvalue weighted by Crippen LogP contribution is -2.43. The number of carbonyl (C=O) groups excluding carboxylic acids is 2. The van der Waals surface area contributed by atoms with Crippen LogP contribution in [0.2, 0.25) is 0 Å². The molecule has 2 aromatic rings. The summed E-state index contributed by atoms with van der Waals surface area (Å²) in [6, 6.07) is 7.69. The number of benzene rings is 2. The molecule has 38 heavy (non-hydrogen) atoms. The number of unbranched alkanes of at least 4 members (excludes halogenated alkanes) is 1. The maximum Gasteiger partial charge on any atom is 0.326 e. The summed E-state index contributed by atoms with van der Waals surface area (Å²) in [6.07, 6.45) is 2.48. The van der Waals surface area contributed by atoms with Crippen LogP contribution < -0.4 is 16.4 Å². The van der Waals surface area contributed by atoms with Gasteiger partial charge in [-0.25, -0.2) is 4.79 Å². The molecule has 0 spiro atoms. The molecule has 204 valence electrons. The fourth-order valence-corrected chi connectivity index (χ4v) is 3.40. The number of nitrogens with two attached hydrogens (primary N) is 1. The Kier molecular flexibility index (Phi) is 11.1. The summed E-state index contributed by atoms with van der Waals surface area (Å²) >= 11 is 0. The average molecular weight is 530 g/mol. The molecule has 0 saturated carbocycles. The smallest absolute Gasteiger partial charge is 0.326 e. The summed E-state index contributed by atoms with van der Waals surface area (Å²) in [5, 5.41) is 42.8.